The number of halogens is 1. The summed E-state index contributed by atoms with van der Waals surface area (Å²) in [6.45, 7) is 2.99. The van der Waals surface area contributed by atoms with E-state index >= 15 is 0 Å². The summed E-state index contributed by atoms with van der Waals surface area (Å²) in [4.78, 5) is 10.5. The Morgan fingerprint density at radius 3 is 2.87 bits per heavy atom. The molecular formula is C10H11FN2O2. The van der Waals surface area contributed by atoms with Crippen molar-refractivity contribution in [3.63, 3.8) is 0 Å². The Balaban J connectivity index is 2.94. The molecule has 0 heterocycles. The van der Waals surface area contributed by atoms with Gasteiger partial charge in [-0.25, -0.2) is 9.82 Å². The van der Waals surface area contributed by atoms with Crippen molar-refractivity contribution >= 4 is 12.1 Å². The lowest BCUT2D eigenvalue weighted by Crippen LogP contribution is -2.12. The third-order valence-electron chi connectivity index (χ3n) is 1.66. The second kappa shape index (κ2) is 4.54. The smallest absolute Gasteiger partial charge is 0.236 e. The number of hydrogen-bond acceptors (Lipinski definition) is 3. The van der Waals surface area contributed by atoms with Gasteiger partial charge < -0.3 is 5.11 Å². The molecule has 0 spiro atoms. The number of rotatable bonds is 2. The zero-order valence-corrected chi connectivity index (χ0v) is 8.41. The van der Waals surface area contributed by atoms with Gasteiger partial charge in [0, 0.05) is 12.5 Å². The van der Waals surface area contributed by atoms with Gasteiger partial charge in [-0.1, -0.05) is 0 Å². The average molecular weight is 210 g/mol. The highest BCUT2D eigenvalue weighted by Gasteiger charge is 2.06. The van der Waals surface area contributed by atoms with Gasteiger partial charge in [0.25, 0.3) is 0 Å². The predicted octanol–water partition coefficient (Wildman–Crippen LogP) is 1.31. The maximum atomic E-state index is 13.0. The first kappa shape index (κ1) is 11.2. The van der Waals surface area contributed by atoms with Gasteiger partial charge in [-0.05, 0) is 24.6 Å². The summed E-state index contributed by atoms with van der Waals surface area (Å²) in [7, 11) is 0. The van der Waals surface area contributed by atoms with E-state index in [1.807, 2.05) is 0 Å². The maximum absolute atomic E-state index is 13.0. The number of nitrogens with one attached hydrogen (secondary N) is 1. The summed E-state index contributed by atoms with van der Waals surface area (Å²) < 4.78 is 13.0. The molecule has 15 heavy (non-hydrogen) atoms. The molecule has 1 aromatic rings. The molecule has 4 nitrogen and oxygen atoms in total. The molecule has 0 unspecified atom stereocenters. The van der Waals surface area contributed by atoms with Crippen LogP contribution < -0.4 is 5.43 Å². The van der Waals surface area contributed by atoms with Crippen molar-refractivity contribution in [3.05, 3.63) is 29.1 Å². The van der Waals surface area contributed by atoms with Crippen LogP contribution in [0.4, 0.5) is 4.39 Å². The highest BCUT2D eigenvalue weighted by Crippen LogP contribution is 2.21. The number of aryl methyl sites for hydroxylation is 1. The zero-order chi connectivity index (χ0) is 11.4. The van der Waals surface area contributed by atoms with E-state index in [9.17, 15) is 14.3 Å². The molecule has 0 aliphatic heterocycles. The van der Waals surface area contributed by atoms with Crippen molar-refractivity contribution in [2.75, 3.05) is 0 Å². The number of carbonyl (C=O) groups is 1. The van der Waals surface area contributed by atoms with Crippen LogP contribution in [-0.2, 0) is 4.79 Å². The quantitative estimate of drug-likeness (QED) is 0.571. The van der Waals surface area contributed by atoms with Crippen molar-refractivity contribution in [3.8, 4) is 5.75 Å². The van der Waals surface area contributed by atoms with Gasteiger partial charge >= 0.3 is 0 Å². The van der Waals surface area contributed by atoms with Crippen LogP contribution in [0, 0.1) is 12.7 Å². The number of phenols is 1. The molecule has 1 amide bonds. The van der Waals surface area contributed by atoms with E-state index < -0.39 is 11.6 Å². The van der Waals surface area contributed by atoms with Gasteiger partial charge in [-0.15, -0.1) is 0 Å². The van der Waals surface area contributed by atoms with Gasteiger partial charge in [0.15, 0.2) is 11.6 Å². The first-order chi connectivity index (χ1) is 7.00. The summed E-state index contributed by atoms with van der Waals surface area (Å²) >= 11 is 0. The topological polar surface area (TPSA) is 61.7 Å². The molecule has 0 fully saturated rings. The molecule has 0 saturated heterocycles. The Morgan fingerprint density at radius 2 is 2.27 bits per heavy atom. The van der Waals surface area contributed by atoms with Crippen molar-refractivity contribution in [1.29, 1.82) is 0 Å². The maximum Gasteiger partial charge on any atom is 0.236 e. The number of phenolic OH excluding ortho intramolecular Hbond substituents is 1. The van der Waals surface area contributed by atoms with Crippen LogP contribution in [0.2, 0.25) is 0 Å². The average Bonchev–Trinajstić information content (AvgIpc) is 2.12. The third-order valence-corrected chi connectivity index (χ3v) is 1.66. The minimum absolute atomic E-state index is 0.223. The molecule has 1 aromatic carbocycles. The van der Waals surface area contributed by atoms with E-state index in [1.165, 1.54) is 19.2 Å². The monoisotopic (exact) mass is 210 g/mol. The fourth-order valence-electron chi connectivity index (χ4n) is 1.05. The molecule has 0 aromatic heterocycles. The predicted molar refractivity (Wildman–Crippen MR) is 54.2 cm³/mol. The summed E-state index contributed by atoms with van der Waals surface area (Å²) in [6.07, 6.45) is 1.19. The Labute approximate surface area is 86.4 Å². The zero-order valence-electron chi connectivity index (χ0n) is 8.41. The number of hydrogen-bond donors (Lipinski definition) is 2. The molecule has 0 radical (unpaired) electrons. The van der Waals surface area contributed by atoms with Gasteiger partial charge in [0.05, 0.1) is 6.21 Å². The summed E-state index contributed by atoms with van der Waals surface area (Å²) in [5.74, 6) is -1.52. The van der Waals surface area contributed by atoms with Crippen molar-refractivity contribution in [1.82, 2.24) is 5.43 Å². The molecule has 0 bridgehead atoms. The molecular weight excluding hydrogens is 199 g/mol. The van der Waals surface area contributed by atoms with Crippen LogP contribution >= 0.6 is 0 Å². The Kier molecular flexibility index (Phi) is 3.38. The highest BCUT2D eigenvalue weighted by atomic mass is 19.1. The van der Waals surface area contributed by atoms with Crippen molar-refractivity contribution in [2.24, 2.45) is 5.10 Å². The van der Waals surface area contributed by atoms with Crippen LogP contribution in [-0.4, -0.2) is 17.2 Å². The first-order valence-corrected chi connectivity index (χ1v) is 4.29. The standard InChI is InChI=1S/C10H11FN2O2/c1-6-3-8(5-12-13-7(2)14)10(15)9(11)4-6/h3-5,15H,1-2H3,(H,13,14)/b12-5+. The molecule has 0 atom stereocenters. The molecule has 0 aliphatic carbocycles. The largest absolute Gasteiger partial charge is 0.504 e. The van der Waals surface area contributed by atoms with Gasteiger partial charge in [0.1, 0.15) is 0 Å². The number of aromatic hydroxyl groups is 1. The molecule has 2 N–H and O–H groups in total. The van der Waals surface area contributed by atoms with Crippen molar-refractivity contribution in [2.45, 2.75) is 13.8 Å². The minimum Gasteiger partial charge on any atom is -0.504 e. The summed E-state index contributed by atoms with van der Waals surface area (Å²) in [5.41, 5.74) is 3.04. The number of carbonyl (C=O) groups excluding carboxylic acids is 1. The van der Waals surface area contributed by atoms with Crippen LogP contribution in [0.3, 0.4) is 0 Å². The van der Waals surface area contributed by atoms with Crippen LogP contribution in [0.1, 0.15) is 18.1 Å². The number of nitrogens with zero attached hydrogens (tertiary/aromatic N) is 1. The van der Waals surface area contributed by atoms with E-state index in [0.29, 0.717) is 5.56 Å². The van der Waals surface area contributed by atoms with Gasteiger partial charge in [0.2, 0.25) is 5.91 Å². The lowest BCUT2D eigenvalue weighted by atomic mass is 10.1. The van der Waals surface area contributed by atoms with Gasteiger partial charge in [-0.2, -0.15) is 5.10 Å². The second-order valence-electron chi connectivity index (χ2n) is 3.11. The van der Waals surface area contributed by atoms with Crippen molar-refractivity contribution < 1.29 is 14.3 Å². The third kappa shape index (κ3) is 3.05. The summed E-state index contributed by atoms with van der Waals surface area (Å²) in [5, 5.41) is 12.8. The fourth-order valence-corrected chi connectivity index (χ4v) is 1.05. The first-order valence-electron chi connectivity index (χ1n) is 4.29. The lowest BCUT2D eigenvalue weighted by molar-refractivity contribution is -0.118. The minimum atomic E-state index is -0.709. The number of hydrazone groups is 1. The molecule has 5 heteroatoms. The molecule has 1 rings (SSSR count). The summed E-state index contributed by atoms with van der Waals surface area (Å²) in [6, 6.07) is 2.77. The lowest BCUT2D eigenvalue weighted by Gasteiger charge is -2.01. The molecule has 0 aliphatic rings. The molecule has 0 saturated carbocycles. The van der Waals surface area contributed by atoms with E-state index in [4.69, 9.17) is 0 Å². The van der Waals surface area contributed by atoms with E-state index in [-0.39, 0.29) is 11.5 Å². The number of benzene rings is 1. The van der Waals surface area contributed by atoms with Crippen LogP contribution in [0.5, 0.6) is 5.75 Å². The highest BCUT2D eigenvalue weighted by molar-refractivity contribution is 5.85. The number of amides is 1. The normalized spacial score (nSPS) is 10.6. The molecule has 80 valence electrons. The van der Waals surface area contributed by atoms with E-state index in [0.717, 1.165) is 0 Å². The fraction of sp³-hybridized carbons (Fsp3) is 0.200. The van der Waals surface area contributed by atoms with Crippen LogP contribution in [0.25, 0.3) is 0 Å². The van der Waals surface area contributed by atoms with Crippen LogP contribution in [0.15, 0.2) is 17.2 Å². The SMILES string of the molecule is CC(=O)N/N=C/c1cc(C)cc(F)c1O. The Morgan fingerprint density at radius 1 is 1.60 bits per heavy atom. The second-order valence-corrected chi connectivity index (χ2v) is 3.11. The van der Waals surface area contributed by atoms with Gasteiger partial charge in [-0.3, -0.25) is 4.79 Å². The van der Waals surface area contributed by atoms with E-state index in [2.05, 4.69) is 10.5 Å². The Hall–Kier alpha value is -1.91. The Bertz CT molecular complexity index is 416. The van der Waals surface area contributed by atoms with E-state index in [1.54, 1.807) is 13.0 Å².